The monoisotopic (exact) mass is 261 g/mol. The Morgan fingerprint density at radius 2 is 2.00 bits per heavy atom. The molecule has 0 spiro atoms. The maximum atomic E-state index is 9.93. The molecule has 0 amide bonds. The summed E-state index contributed by atoms with van der Waals surface area (Å²) in [6.07, 6.45) is -1.74. The molecule has 1 aromatic heterocycles. The van der Waals surface area contributed by atoms with Gasteiger partial charge >= 0.3 is 0 Å². The summed E-state index contributed by atoms with van der Waals surface area (Å²) in [5, 5.41) is 19.6. The van der Waals surface area contributed by atoms with Crippen molar-refractivity contribution >= 4 is 11.6 Å². The van der Waals surface area contributed by atoms with Crippen molar-refractivity contribution in [1.29, 1.82) is 0 Å². The SMILES string of the molecule is COc1ccc(C(O)C(O)CCCl)c(OC)n1. The Labute approximate surface area is 105 Å². The minimum absolute atomic E-state index is 0.227. The van der Waals surface area contributed by atoms with Gasteiger partial charge in [-0.15, -0.1) is 11.6 Å². The molecule has 0 fully saturated rings. The zero-order chi connectivity index (χ0) is 12.8. The average Bonchev–Trinajstić information content (AvgIpc) is 2.37. The Morgan fingerprint density at radius 1 is 1.29 bits per heavy atom. The normalized spacial score (nSPS) is 14.2. The summed E-state index contributed by atoms with van der Waals surface area (Å²) in [5.74, 6) is 0.875. The molecule has 1 rings (SSSR count). The van der Waals surface area contributed by atoms with Gasteiger partial charge in [0.1, 0.15) is 6.10 Å². The predicted octanol–water partition coefficient (Wildman–Crippen LogP) is 1.12. The second-order valence-corrected chi connectivity index (χ2v) is 3.82. The van der Waals surface area contributed by atoms with Crippen LogP contribution in [-0.4, -0.2) is 41.4 Å². The minimum atomic E-state index is -1.08. The van der Waals surface area contributed by atoms with Crippen LogP contribution in [-0.2, 0) is 0 Å². The lowest BCUT2D eigenvalue weighted by Crippen LogP contribution is -2.19. The minimum Gasteiger partial charge on any atom is -0.481 e. The number of rotatable bonds is 6. The van der Waals surface area contributed by atoms with E-state index in [0.717, 1.165) is 0 Å². The number of alkyl halides is 1. The Balaban J connectivity index is 2.96. The van der Waals surface area contributed by atoms with Crippen molar-refractivity contribution < 1.29 is 19.7 Å². The van der Waals surface area contributed by atoms with Crippen LogP contribution in [0.5, 0.6) is 11.8 Å². The number of nitrogens with zero attached hydrogens (tertiary/aromatic N) is 1. The fraction of sp³-hybridized carbons (Fsp3) is 0.545. The van der Waals surface area contributed by atoms with Crippen LogP contribution in [0.1, 0.15) is 18.1 Å². The first-order valence-electron chi connectivity index (χ1n) is 5.15. The smallest absolute Gasteiger partial charge is 0.222 e. The lowest BCUT2D eigenvalue weighted by molar-refractivity contribution is 0.0152. The van der Waals surface area contributed by atoms with Crippen molar-refractivity contribution in [2.75, 3.05) is 20.1 Å². The molecule has 1 aromatic rings. The molecule has 2 unspecified atom stereocenters. The van der Waals surface area contributed by atoms with Gasteiger partial charge in [-0.1, -0.05) is 0 Å². The molecule has 0 aliphatic carbocycles. The molecule has 6 heteroatoms. The number of halogens is 1. The highest BCUT2D eigenvalue weighted by atomic mass is 35.5. The van der Waals surface area contributed by atoms with E-state index in [1.165, 1.54) is 14.2 Å². The molecular weight excluding hydrogens is 246 g/mol. The van der Waals surface area contributed by atoms with Gasteiger partial charge in [-0.05, 0) is 12.5 Å². The molecule has 2 atom stereocenters. The van der Waals surface area contributed by atoms with Gasteiger partial charge in [0.25, 0.3) is 0 Å². The maximum absolute atomic E-state index is 9.93. The number of pyridine rings is 1. The molecular formula is C11H16ClNO4. The Bertz CT molecular complexity index is 361. The van der Waals surface area contributed by atoms with Crippen LogP contribution in [0, 0.1) is 0 Å². The lowest BCUT2D eigenvalue weighted by atomic mass is 10.0. The van der Waals surface area contributed by atoms with E-state index in [2.05, 4.69) is 4.98 Å². The van der Waals surface area contributed by atoms with Crippen LogP contribution in [0.2, 0.25) is 0 Å². The second kappa shape index (κ2) is 6.64. The Kier molecular flexibility index (Phi) is 5.47. The molecule has 0 aliphatic rings. The largest absolute Gasteiger partial charge is 0.481 e. The van der Waals surface area contributed by atoms with E-state index in [4.69, 9.17) is 21.1 Å². The van der Waals surface area contributed by atoms with Gasteiger partial charge in [-0.2, -0.15) is 4.98 Å². The standard InChI is InChI=1S/C11H16ClNO4/c1-16-9-4-3-7(11(13-9)17-2)10(15)8(14)5-6-12/h3-4,8,10,14-15H,5-6H2,1-2H3. The van der Waals surface area contributed by atoms with Gasteiger partial charge in [0.15, 0.2) is 0 Å². The number of aromatic nitrogens is 1. The fourth-order valence-electron chi connectivity index (χ4n) is 1.41. The highest BCUT2D eigenvalue weighted by Crippen LogP contribution is 2.28. The number of hydrogen-bond acceptors (Lipinski definition) is 5. The first kappa shape index (κ1) is 14.0. The predicted molar refractivity (Wildman–Crippen MR) is 63.6 cm³/mol. The van der Waals surface area contributed by atoms with Crippen molar-refractivity contribution in [1.82, 2.24) is 4.98 Å². The van der Waals surface area contributed by atoms with Crippen molar-refractivity contribution in [3.63, 3.8) is 0 Å². The number of aliphatic hydroxyl groups excluding tert-OH is 2. The van der Waals surface area contributed by atoms with E-state index in [9.17, 15) is 10.2 Å². The van der Waals surface area contributed by atoms with E-state index in [1.54, 1.807) is 12.1 Å². The second-order valence-electron chi connectivity index (χ2n) is 3.44. The van der Waals surface area contributed by atoms with Gasteiger partial charge in [0.05, 0.1) is 20.3 Å². The van der Waals surface area contributed by atoms with Gasteiger partial charge < -0.3 is 19.7 Å². The van der Waals surface area contributed by atoms with Gasteiger partial charge in [0.2, 0.25) is 11.8 Å². The van der Waals surface area contributed by atoms with Crippen LogP contribution in [0.4, 0.5) is 0 Å². The zero-order valence-electron chi connectivity index (χ0n) is 9.76. The number of aliphatic hydroxyl groups is 2. The molecule has 0 radical (unpaired) electrons. The molecule has 96 valence electrons. The third-order valence-electron chi connectivity index (χ3n) is 2.35. The fourth-order valence-corrected chi connectivity index (χ4v) is 1.64. The maximum Gasteiger partial charge on any atom is 0.222 e. The molecule has 5 nitrogen and oxygen atoms in total. The molecule has 2 N–H and O–H groups in total. The van der Waals surface area contributed by atoms with E-state index >= 15 is 0 Å². The molecule has 17 heavy (non-hydrogen) atoms. The van der Waals surface area contributed by atoms with Crippen LogP contribution < -0.4 is 9.47 Å². The van der Waals surface area contributed by atoms with Crippen LogP contribution in [0.15, 0.2) is 12.1 Å². The van der Waals surface area contributed by atoms with Crippen molar-refractivity contribution in [3.05, 3.63) is 17.7 Å². The van der Waals surface area contributed by atoms with Crippen molar-refractivity contribution in [2.45, 2.75) is 18.6 Å². The lowest BCUT2D eigenvalue weighted by Gasteiger charge is -2.19. The van der Waals surface area contributed by atoms with Gasteiger partial charge in [-0.3, -0.25) is 0 Å². The van der Waals surface area contributed by atoms with E-state index in [1.807, 2.05) is 0 Å². The molecule has 0 saturated carbocycles. The summed E-state index contributed by atoms with van der Waals surface area (Å²) >= 11 is 5.51. The summed E-state index contributed by atoms with van der Waals surface area (Å²) in [7, 11) is 2.92. The number of ether oxygens (including phenoxy) is 2. The third kappa shape index (κ3) is 3.46. The topological polar surface area (TPSA) is 71.8 Å². The van der Waals surface area contributed by atoms with Gasteiger partial charge in [0, 0.05) is 17.5 Å². The first-order chi connectivity index (χ1) is 8.13. The summed E-state index contributed by atoms with van der Waals surface area (Å²) in [4.78, 5) is 4.02. The zero-order valence-corrected chi connectivity index (χ0v) is 10.5. The summed E-state index contributed by atoms with van der Waals surface area (Å²) < 4.78 is 9.99. The van der Waals surface area contributed by atoms with Crippen molar-refractivity contribution in [3.8, 4) is 11.8 Å². The van der Waals surface area contributed by atoms with Crippen LogP contribution >= 0.6 is 11.6 Å². The van der Waals surface area contributed by atoms with Crippen LogP contribution in [0.3, 0.4) is 0 Å². The molecule has 1 heterocycles. The summed E-state index contributed by atoms with van der Waals surface area (Å²) in [6.45, 7) is 0. The van der Waals surface area contributed by atoms with E-state index in [0.29, 0.717) is 11.4 Å². The average molecular weight is 262 g/mol. The van der Waals surface area contributed by atoms with Crippen LogP contribution in [0.25, 0.3) is 0 Å². The molecule has 0 saturated heterocycles. The molecule has 0 bridgehead atoms. The Hall–Kier alpha value is -1.04. The molecule has 0 aromatic carbocycles. The Morgan fingerprint density at radius 3 is 2.53 bits per heavy atom. The number of methoxy groups -OCH3 is 2. The van der Waals surface area contributed by atoms with E-state index < -0.39 is 12.2 Å². The highest BCUT2D eigenvalue weighted by molar-refractivity contribution is 6.17. The quantitative estimate of drug-likeness (QED) is 0.751. The van der Waals surface area contributed by atoms with E-state index in [-0.39, 0.29) is 18.2 Å². The van der Waals surface area contributed by atoms with Gasteiger partial charge in [-0.25, -0.2) is 0 Å². The number of hydrogen-bond donors (Lipinski definition) is 2. The molecule has 0 aliphatic heterocycles. The summed E-state index contributed by atoms with van der Waals surface area (Å²) in [5.41, 5.74) is 0.408. The highest BCUT2D eigenvalue weighted by Gasteiger charge is 2.22. The third-order valence-corrected chi connectivity index (χ3v) is 2.57. The first-order valence-corrected chi connectivity index (χ1v) is 5.68. The van der Waals surface area contributed by atoms with Crippen molar-refractivity contribution in [2.24, 2.45) is 0 Å². The summed E-state index contributed by atoms with van der Waals surface area (Å²) in [6, 6.07) is 3.20.